The van der Waals surface area contributed by atoms with Crippen molar-refractivity contribution < 1.29 is 8.78 Å². The molecule has 1 N–H and O–H groups in total. The molecule has 2 aromatic carbocycles. The van der Waals surface area contributed by atoms with Gasteiger partial charge in [0.05, 0.1) is 5.69 Å². The van der Waals surface area contributed by atoms with Gasteiger partial charge in [-0.05, 0) is 24.4 Å². The van der Waals surface area contributed by atoms with Gasteiger partial charge in [0.15, 0.2) is 0 Å². The Bertz CT molecular complexity index is 871. The van der Waals surface area contributed by atoms with Crippen molar-refractivity contribution in [1.29, 1.82) is 0 Å². The average molecular weight is 272 g/mol. The van der Waals surface area contributed by atoms with Gasteiger partial charge in [-0.15, -0.1) is 0 Å². The van der Waals surface area contributed by atoms with Crippen LogP contribution in [0.2, 0.25) is 0 Å². The smallest absolute Gasteiger partial charge is 0.287 e. The van der Waals surface area contributed by atoms with Crippen molar-refractivity contribution in [3.63, 3.8) is 0 Å². The number of nitrogens with one attached hydrogen (secondary N) is 1. The lowest BCUT2D eigenvalue weighted by molar-refractivity contribution is 0.589. The predicted molar refractivity (Wildman–Crippen MR) is 72.5 cm³/mol. The summed E-state index contributed by atoms with van der Waals surface area (Å²) in [5.41, 5.74) is -0.264. The number of H-pyrrole nitrogens is 1. The minimum absolute atomic E-state index is 0.0113. The number of aromatic nitrogens is 2. The molecule has 0 amide bonds. The highest BCUT2D eigenvalue weighted by atomic mass is 19.1. The first-order valence-corrected chi connectivity index (χ1v) is 6.02. The molecule has 1 heterocycles. The quantitative estimate of drug-likeness (QED) is 0.739. The molecule has 0 aliphatic rings. The summed E-state index contributed by atoms with van der Waals surface area (Å²) in [5, 5.41) is 1.04. The number of nitrogens with zero attached hydrogens (tertiary/aromatic N) is 1. The molecule has 3 aromatic rings. The molecule has 0 fully saturated rings. The van der Waals surface area contributed by atoms with E-state index in [1.54, 1.807) is 24.3 Å². The fourth-order valence-electron chi connectivity index (χ4n) is 2.17. The van der Waals surface area contributed by atoms with E-state index >= 15 is 0 Å². The molecule has 1 aromatic heterocycles. The first-order chi connectivity index (χ1) is 9.58. The van der Waals surface area contributed by atoms with Crippen LogP contribution in [0.3, 0.4) is 0 Å². The van der Waals surface area contributed by atoms with E-state index in [0.29, 0.717) is 16.3 Å². The molecule has 0 atom stereocenters. The molecule has 0 saturated carbocycles. The Morgan fingerprint density at radius 2 is 1.75 bits per heavy atom. The second-order valence-electron chi connectivity index (χ2n) is 4.45. The number of aryl methyl sites for hydroxylation is 1. The zero-order valence-electron chi connectivity index (χ0n) is 10.6. The standard InChI is InChI=1S/C15H10F2N2O/c1-8-13(17)15(20)19-14(18-8)11-6-7-12(16)10-5-3-2-4-9(10)11/h2-7H,1H3,(H,18,19,20). The lowest BCUT2D eigenvalue weighted by Crippen LogP contribution is -2.15. The number of aromatic amines is 1. The molecule has 0 aliphatic heterocycles. The normalized spacial score (nSPS) is 10.9. The summed E-state index contributed by atoms with van der Waals surface area (Å²) >= 11 is 0. The van der Waals surface area contributed by atoms with Gasteiger partial charge in [-0.2, -0.15) is 4.39 Å². The summed E-state index contributed by atoms with van der Waals surface area (Å²) in [5.74, 6) is -1.03. The molecule has 5 heteroatoms. The van der Waals surface area contributed by atoms with Crippen LogP contribution in [0.1, 0.15) is 5.69 Å². The molecule has 3 nitrogen and oxygen atoms in total. The highest BCUT2D eigenvalue weighted by molar-refractivity contribution is 5.95. The SMILES string of the molecule is Cc1nc(-c2ccc(F)c3ccccc23)[nH]c(=O)c1F. The van der Waals surface area contributed by atoms with Gasteiger partial charge >= 0.3 is 0 Å². The van der Waals surface area contributed by atoms with Crippen molar-refractivity contribution in [3.05, 3.63) is 64.1 Å². The van der Waals surface area contributed by atoms with Crippen LogP contribution in [0.25, 0.3) is 22.2 Å². The highest BCUT2D eigenvalue weighted by Crippen LogP contribution is 2.27. The van der Waals surface area contributed by atoms with E-state index < -0.39 is 11.4 Å². The van der Waals surface area contributed by atoms with Gasteiger partial charge in [-0.1, -0.05) is 24.3 Å². The molecule has 0 radical (unpaired) electrons. The summed E-state index contributed by atoms with van der Waals surface area (Å²) in [7, 11) is 0. The molecule has 0 spiro atoms. The molecule has 100 valence electrons. The van der Waals surface area contributed by atoms with Gasteiger partial charge in [-0.3, -0.25) is 4.79 Å². The fraction of sp³-hybridized carbons (Fsp3) is 0.0667. The molecule has 0 unspecified atom stereocenters. The van der Waals surface area contributed by atoms with Crippen LogP contribution in [0.15, 0.2) is 41.2 Å². The zero-order chi connectivity index (χ0) is 14.3. The Labute approximate surface area is 112 Å². The molecule has 0 aliphatic carbocycles. The first-order valence-electron chi connectivity index (χ1n) is 6.02. The van der Waals surface area contributed by atoms with E-state index in [-0.39, 0.29) is 17.3 Å². The Morgan fingerprint density at radius 3 is 2.45 bits per heavy atom. The van der Waals surface area contributed by atoms with Crippen molar-refractivity contribution in [2.45, 2.75) is 6.92 Å². The van der Waals surface area contributed by atoms with E-state index in [2.05, 4.69) is 9.97 Å². The second kappa shape index (κ2) is 4.52. The third-order valence-corrected chi connectivity index (χ3v) is 3.15. The van der Waals surface area contributed by atoms with Crippen LogP contribution in [0.4, 0.5) is 8.78 Å². The van der Waals surface area contributed by atoms with Gasteiger partial charge in [0.2, 0.25) is 5.82 Å². The molecular weight excluding hydrogens is 262 g/mol. The molecule has 20 heavy (non-hydrogen) atoms. The maximum atomic E-state index is 13.8. The number of hydrogen-bond acceptors (Lipinski definition) is 2. The summed E-state index contributed by atoms with van der Waals surface area (Å²) < 4.78 is 27.1. The van der Waals surface area contributed by atoms with Crippen molar-refractivity contribution in [2.75, 3.05) is 0 Å². The van der Waals surface area contributed by atoms with Crippen molar-refractivity contribution in [3.8, 4) is 11.4 Å². The highest BCUT2D eigenvalue weighted by Gasteiger charge is 2.12. The van der Waals surface area contributed by atoms with Crippen LogP contribution in [-0.2, 0) is 0 Å². The van der Waals surface area contributed by atoms with Gasteiger partial charge in [0.25, 0.3) is 5.56 Å². The van der Waals surface area contributed by atoms with Gasteiger partial charge in [0, 0.05) is 10.9 Å². The Kier molecular flexibility index (Phi) is 2.82. The van der Waals surface area contributed by atoms with E-state index in [9.17, 15) is 13.6 Å². The zero-order valence-corrected chi connectivity index (χ0v) is 10.6. The van der Waals surface area contributed by atoms with Crippen LogP contribution in [0.5, 0.6) is 0 Å². The third-order valence-electron chi connectivity index (χ3n) is 3.15. The maximum Gasteiger partial charge on any atom is 0.287 e. The maximum absolute atomic E-state index is 13.8. The first kappa shape index (κ1) is 12.5. The summed E-state index contributed by atoms with van der Waals surface area (Å²) in [6.45, 7) is 1.42. The van der Waals surface area contributed by atoms with E-state index in [4.69, 9.17) is 0 Å². The summed E-state index contributed by atoms with van der Waals surface area (Å²) in [6.07, 6.45) is 0. The average Bonchev–Trinajstić information content (AvgIpc) is 2.45. The number of hydrogen-bond donors (Lipinski definition) is 1. The second-order valence-corrected chi connectivity index (χ2v) is 4.45. The van der Waals surface area contributed by atoms with Crippen molar-refractivity contribution >= 4 is 10.8 Å². The van der Waals surface area contributed by atoms with E-state index in [1.165, 1.54) is 19.1 Å². The van der Waals surface area contributed by atoms with Crippen molar-refractivity contribution in [1.82, 2.24) is 9.97 Å². The number of halogens is 2. The largest absolute Gasteiger partial charge is 0.304 e. The van der Waals surface area contributed by atoms with E-state index in [0.717, 1.165) is 0 Å². The lowest BCUT2D eigenvalue weighted by Gasteiger charge is -2.07. The number of rotatable bonds is 1. The molecule has 0 bridgehead atoms. The van der Waals surface area contributed by atoms with Crippen LogP contribution < -0.4 is 5.56 Å². The number of fused-ring (bicyclic) bond motifs is 1. The van der Waals surface area contributed by atoms with Crippen LogP contribution >= 0.6 is 0 Å². The minimum Gasteiger partial charge on any atom is -0.304 e. The number of benzene rings is 2. The minimum atomic E-state index is -0.903. The summed E-state index contributed by atoms with van der Waals surface area (Å²) in [6, 6.07) is 9.68. The van der Waals surface area contributed by atoms with Crippen molar-refractivity contribution in [2.24, 2.45) is 0 Å². The van der Waals surface area contributed by atoms with E-state index in [1.807, 2.05) is 0 Å². The topological polar surface area (TPSA) is 45.8 Å². The fourth-order valence-corrected chi connectivity index (χ4v) is 2.17. The Morgan fingerprint density at radius 1 is 1.05 bits per heavy atom. The summed E-state index contributed by atoms with van der Waals surface area (Å²) in [4.78, 5) is 17.9. The van der Waals surface area contributed by atoms with Gasteiger partial charge in [-0.25, -0.2) is 9.37 Å². The monoisotopic (exact) mass is 272 g/mol. The van der Waals surface area contributed by atoms with Gasteiger partial charge < -0.3 is 4.98 Å². The van der Waals surface area contributed by atoms with Gasteiger partial charge in [0.1, 0.15) is 11.6 Å². The molecule has 3 rings (SSSR count). The van der Waals surface area contributed by atoms with Crippen LogP contribution in [-0.4, -0.2) is 9.97 Å². The predicted octanol–water partition coefficient (Wildman–Crippen LogP) is 3.18. The molecular formula is C15H10F2N2O. The Balaban J connectivity index is 2.36. The Hall–Kier alpha value is -2.56. The third kappa shape index (κ3) is 1.87. The van der Waals surface area contributed by atoms with Crippen LogP contribution in [0, 0.1) is 18.6 Å². The molecule has 0 saturated heterocycles. The lowest BCUT2D eigenvalue weighted by atomic mass is 10.0.